The molecule has 0 spiro atoms. The third-order valence-corrected chi connectivity index (χ3v) is 3.49. The zero-order valence-electron chi connectivity index (χ0n) is 11.5. The van der Waals surface area contributed by atoms with E-state index in [1.807, 2.05) is 12.4 Å². The van der Waals surface area contributed by atoms with Gasteiger partial charge >= 0.3 is 0 Å². The van der Waals surface area contributed by atoms with Gasteiger partial charge in [0.05, 0.1) is 0 Å². The average molecular weight is 306 g/mol. The number of halogens is 2. The number of unbranched alkanes of at least 4 members (excludes halogenated alkanes) is 1. The third kappa shape index (κ3) is 5.65. The zero-order chi connectivity index (χ0) is 11.9. The average Bonchev–Trinajstić information content (AvgIpc) is 2.42. The first-order valence-electron chi connectivity index (χ1n) is 6.76. The van der Waals surface area contributed by atoms with Crippen LogP contribution >= 0.6 is 24.8 Å². The molecule has 19 heavy (non-hydrogen) atoms. The molecule has 1 aliphatic rings. The molecule has 0 amide bonds. The summed E-state index contributed by atoms with van der Waals surface area (Å²) < 4.78 is 0. The van der Waals surface area contributed by atoms with E-state index in [0.29, 0.717) is 6.04 Å². The maximum Gasteiger partial charge on any atom is 0.0364 e. The van der Waals surface area contributed by atoms with Crippen LogP contribution in [0.5, 0.6) is 0 Å². The highest BCUT2D eigenvalue weighted by Crippen LogP contribution is 2.25. The Morgan fingerprint density at radius 2 is 2.05 bits per heavy atom. The lowest BCUT2D eigenvalue weighted by Gasteiger charge is -2.35. The first kappa shape index (κ1) is 18.7. The van der Waals surface area contributed by atoms with Gasteiger partial charge in [-0.1, -0.05) is 25.8 Å². The van der Waals surface area contributed by atoms with E-state index in [1.54, 1.807) is 0 Å². The summed E-state index contributed by atoms with van der Waals surface area (Å²) in [6.45, 7) is 6.80. The molecule has 0 aromatic carbocycles. The van der Waals surface area contributed by atoms with Gasteiger partial charge in [0.2, 0.25) is 0 Å². The summed E-state index contributed by atoms with van der Waals surface area (Å²) >= 11 is 0. The number of aromatic nitrogens is 1. The molecule has 0 aliphatic carbocycles. The quantitative estimate of drug-likeness (QED) is 0.906. The van der Waals surface area contributed by atoms with Crippen molar-refractivity contribution in [3.8, 4) is 0 Å². The lowest BCUT2D eigenvalue weighted by atomic mass is 10.0. The lowest BCUT2D eigenvalue weighted by Crippen LogP contribution is -2.45. The van der Waals surface area contributed by atoms with Crippen LogP contribution in [-0.2, 0) is 0 Å². The molecule has 1 aromatic heterocycles. The van der Waals surface area contributed by atoms with Crippen LogP contribution < -0.4 is 5.32 Å². The summed E-state index contributed by atoms with van der Waals surface area (Å²) in [7, 11) is 0. The summed E-state index contributed by atoms with van der Waals surface area (Å²) in [5.41, 5.74) is 1.38. The molecule has 2 heterocycles. The Bertz CT molecular complexity index is 316. The van der Waals surface area contributed by atoms with Gasteiger partial charge in [-0.2, -0.15) is 0 Å². The second-order valence-corrected chi connectivity index (χ2v) is 4.73. The molecule has 1 aromatic rings. The van der Waals surface area contributed by atoms with Crippen LogP contribution in [0.3, 0.4) is 0 Å². The molecular formula is C14H25Cl2N3. The molecule has 110 valence electrons. The molecule has 1 N–H and O–H groups in total. The fourth-order valence-corrected chi connectivity index (χ4v) is 2.52. The van der Waals surface area contributed by atoms with Crippen molar-refractivity contribution in [1.82, 2.24) is 15.2 Å². The lowest BCUT2D eigenvalue weighted by molar-refractivity contribution is 0.163. The largest absolute Gasteiger partial charge is 0.314 e. The maximum atomic E-state index is 4.27. The number of hydrogen-bond acceptors (Lipinski definition) is 3. The van der Waals surface area contributed by atoms with Crippen molar-refractivity contribution in [1.29, 1.82) is 0 Å². The molecule has 1 atom stereocenters. The van der Waals surface area contributed by atoms with Gasteiger partial charge in [0.15, 0.2) is 0 Å². The molecule has 1 fully saturated rings. The second-order valence-electron chi connectivity index (χ2n) is 4.73. The van der Waals surface area contributed by atoms with Gasteiger partial charge in [0.25, 0.3) is 0 Å². The van der Waals surface area contributed by atoms with E-state index in [4.69, 9.17) is 0 Å². The monoisotopic (exact) mass is 305 g/mol. The fraction of sp³-hybridized carbons (Fsp3) is 0.643. The number of nitrogens with zero attached hydrogens (tertiary/aromatic N) is 2. The van der Waals surface area contributed by atoms with Crippen LogP contribution in [0.25, 0.3) is 0 Å². The molecule has 1 saturated heterocycles. The van der Waals surface area contributed by atoms with Crippen LogP contribution in [0, 0.1) is 0 Å². The standard InChI is InChI=1S/C14H23N3.2ClH/c1-2-3-6-14(13-5-4-7-16-12-13)17-10-8-15-9-11-17;;/h4-5,7,12,14-15H,2-3,6,8-11H2,1H3;2*1H/t14-;;/m0../s1. The predicted octanol–water partition coefficient (Wildman–Crippen LogP) is 3.06. The Kier molecular flexibility index (Phi) is 10.2. The highest BCUT2D eigenvalue weighted by Gasteiger charge is 2.21. The Morgan fingerprint density at radius 1 is 1.32 bits per heavy atom. The summed E-state index contributed by atoms with van der Waals surface area (Å²) in [5.74, 6) is 0. The van der Waals surface area contributed by atoms with Gasteiger partial charge in [0, 0.05) is 44.6 Å². The number of pyridine rings is 1. The van der Waals surface area contributed by atoms with Crippen molar-refractivity contribution in [3.63, 3.8) is 0 Å². The van der Waals surface area contributed by atoms with E-state index in [-0.39, 0.29) is 24.8 Å². The van der Waals surface area contributed by atoms with Crippen molar-refractivity contribution in [2.24, 2.45) is 0 Å². The first-order valence-corrected chi connectivity index (χ1v) is 6.76. The van der Waals surface area contributed by atoms with Crippen LogP contribution in [0.4, 0.5) is 0 Å². The van der Waals surface area contributed by atoms with Crippen LogP contribution in [0.1, 0.15) is 37.8 Å². The van der Waals surface area contributed by atoms with Crippen molar-refractivity contribution < 1.29 is 0 Å². The maximum absolute atomic E-state index is 4.27. The van der Waals surface area contributed by atoms with Gasteiger partial charge in [-0.25, -0.2) is 0 Å². The number of nitrogens with one attached hydrogen (secondary N) is 1. The van der Waals surface area contributed by atoms with E-state index < -0.39 is 0 Å². The van der Waals surface area contributed by atoms with Crippen LogP contribution in [-0.4, -0.2) is 36.1 Å². The zero-order valence-corrected chi connectivity index (χ0v) is 13.2. The minimum absolute atomic E-state index is 0. The summed E-state index contributed by atoms with van der Waals surface area (Å²) in [5, 5.41) is 3.42. The molecule has 0 saturated carbocycles. The van der Waals surface area contributed by atoms with E-state index in [9.17, 15) is 0 Å². The normalized spacial score (nSPS) is 17.1. The van der Waals surface area contributed by atoms with Gasteiger partial charge in [-0.15, -0.1) is 24.8 Å². The predicted molar refractivity (Wildman–Crippen MR) is 85.4 cm³/mol. The van der Waals surface area contributed by atoms with Crippen LogP contribution in [0.2, 0.25) is 0 Å². The second kappa shape index (κ2) is 10.4. The smallest absolute Gasteiger partial charge is 0.0364 e. The highest BCUT2D eigenvalue weighted by molar-refractivity contribution is 5.85. The molecule has 2 rings (SSSR count). The van der Waals surface area contributed by atoms with Crippen molar-refractivity contribution in [2.45, 2.75) is 32.2 Å². The number of piperazine rings is 1. The molecule has 1 aliphatic heterocycles. The molecule has 0 unspecified atom stereocenters. The number of hydrogen-bond donors (Lipinski definition) is 1. The summed E-state index contributed by atoms with van der Waals surface area (Å²) in [6.07, 6.45) is 7.70. The summed E-state index contributed by atoms with van der Waals surface area (Å²) in [4.78, 5) is 6.87. The van der Waals surface area contributed by atoms with E-state index in [0.717, 1.165) is 26.2 Å². The van der Waals surface area contributed by atoms with E-state index in [2.05, 4.69) is 34.3 Å². The van der Waals surface area contributed by atoms with Crippen molar-refractivity contribution >= 4 is 24.8 Å². The molecule has 0 radical (unpaired) electrons. The molecule has 0 bridgehead atoms. The van der Waals surface area contributed by atoms with E-state index in [1.165, 1.54) is 24.8 Å². The number of rotatable bonds is 5. The first-order chi connectivity index (χ1) is 8.42. The van der Waals surface area contributed by atoms with Gasteiger partial charge in [0.1, 0.15) is 0 Å². The Labute approximate surface area is 129 Å². The summed E-state index contributed by atoms with van der Waals surface area (Å²) in [6, 6.07) is 4.83. The van der Waals surface area contributed by atoms with Crippen molar-refractivity contribution in [2.75, 3.05) is 26.2 Å². The van der Waals surface area contributed by atoms with Crippen LogP contribution in [0.15, 0.2) is 24.5 Å². The highest BCUT2D eigenvalue weighted by atomic mass is 35.5. The molecular weight excluding hydrogens is 281 g/mol. The minimum Gasteiger partial charge on any atom is -0.314 e. The Hall–Kier alpha value is -0.350. The SMILES string of the molecule is CCCC[C@@H](c1cccnc1)N1CCNCC1.Cl.Cl. The third-order valence-electron chi connectivity index (χ3n) is 3.49. The molecule has 5 heteroatoms. The van der Waals surface area contributed by atoms with Crippen molar-refractivity contribution in [3.05, 3.63) is 30.1 Å². The van der Waals surface area contributed by atoms with Gasteiger partial charge in [-0.3, -0.25) is 9.88 Å². The fourth-order valence-electron chi connectivity index (χ4n) is 2.52. The topological polar surface area (TPSA) is 28.2 Å². The van der Waals surface area contributed by atoms with Gasteiger partial charge in [-0.05, 0) is 18.1 Å². The minimum atomic E-state index is 0. The van der Waals surface area contributed by atoms with Gasteiger partial charge < -0.3 is 5.32 Å². The van der Waals surface area contributed by atoms with E-state index >= 15 is 0 Å². The Balaban J connectivity index is 0.00000162. The Morgan fingerprint density at radius 3 is 2.63 bits per heavy atom. The molecule has 3 nitrogen and oxygen atoms in total.